The number of halogens is 3. The van der Waals surface area contributed by atoms with Crippen molar-refractivity contribution in [3.63, 3.8) is 0 Å². The second-order valence-electron chi connectivity index (χ2n) is 7.85. The molecule has 0 aliphatic heterocycles. The van der Waals surface area contributed by atoms with Gasteiger partial charge in [-0.2, -0.15) is 4.58 Å². The molecule has 0 aliphatic carbocycles. The highest BCUT2D eigenvalue weighted by Gasteiger charge is 2.24. The van der Waals surface area contributed by atoms with Gasteiger partial charge >= 0.3 is 0 Å². The Morgan fingerprint density at radius 3 is 2.33 bits per heavy atom. The van der Waals surface area contributed by atoms with Crippen LogP contribution in [-0.4, -0.2) is 17.8 Å². The van der Waals surface area contributed by atoms with E-state index in [1.807, 2.05) is 71.3 Å². The molecule has 0 radical (unpaired) electrons. The number of hydrogen-bond acceptors (Lipinski definition) is 1. The SMILES string of the molecule is C=[N+](c1ccccc1)c1ccc2c3cc(Cl)ccc3n(CCN)c2c1-c1ccc(Cl)c(Cl)c1. The van der Waals surface area contributed by atoms with Gasteiger partial charge in [0.25, 0.3) is 0 Å². The molecule has 2 N–H and O–H groups in total. The van der Waals surface area contributed by atoms with Crippen LogP contribution in [0.3, 0.4) is 0 Å². The summed E-state index contributed by atoms with van der Waals surface area (Å²) in [6.45, 7) is 5.53. The van der Waals surface area contributed by atoms with Crippen LogP contribution in [0.15, 0.2) is 78.9 Å². The molecule has 0 aliphatic rings. The van der Waals surface area contributed by atoms with Crippen molar-refractivity contribution in [2.75, 3.05) is 6.54 Å². The van der Waals surface area contributed by atoms with Crippen molar-refractivity contribution in [2.24, 2.45) is 5.73 Å². The van der Waals surface area contributed by atoms with Crippen molar-refractivity contribution in [3.05, 3.63) is 93.9 Å². The Morgan fingerprint density at radius 1 is 0.818 bits per heavy atom. The molecule has 0 unspecified atom stereocenters. The minimum atomic E-state index is 0.497. The molecule has 5 rings (SSSR count). The normalized spacial score (nSPS) is 11.4. The Morgan fingerprint density at radius 2 is 1.61 bits per heavy atom. The molecular weight excluding hydrogens is 473 g/mol. The predicted octanol–water partition coefficient (Wildman–Crippen LogP) is 7.92. The number of nitrogens with two attached hydrogens (primary N) is 1. The van der Waals surface area contributed by atoms with Gasteiger partial charge in [0.15, 0.2) is 0 Å². The number of benzene rings is 4. The number of rotatable bonds is 5. The predicted molar refractivity (Wildman–Crippen MR) is 144 cm³/mol. The highest BCUT2D eigenvalue weighted by atomic mass is 35.5. The van der Waals surface area contributed by atoms with Crippen LogP contribution in [0, 0.1) is 0 Å². The van der Waals surface area contributed by atoms with E-state index in [9.17, 15) is 0 Å². The van der Waals surface area contributed by atoms with Crippen LogP contribution in [0.25, 0.3) is 32.9 Å². The molecule has 0 saturated heterocycles. The van der Waals surface area contributed by atoms with Crippen molar-refractivity contribution in [1.29, 1.82) is 0 Å². The molecule has 4 aromatic carbocycles. The summed E-state index contributed by atoms with van der Waals surface area (Å²) in [5, 5.41) is 3.87. The van der Waals surface area contributed by atoms with Gasteiger partial charge in [0.05, 0.1) is 21.1 Å². The molecule has 5 aromatic rings. The van der Waals surface area contributed by atoms with E-state index in [1.54, 1.807) is 0 Å². The van der Waals surface area contributed by atoms with Crippen LogP contribution in [0.2, 0.25) is 15.1 Å². The van der Waals surface area contributed by atoms with E-state index in [4.69, 9.17) is 40.5 Å². The molecule has 0 atom stereocenters. The van der Waals surface area contributed by atoms with Crippen LogP contribution >= 0.6 is 34.8 Å². The molecule has 3 nitrogen and oxygen atoms in total. The van der Waals surface area contributed by atoms with E-state index in [0.29, 0.717) is 28.2 Å². The Balaban J connectivity index is 1.93. The zero-order chi connectivity index (χ0) is 23.1. The maximum Gasteiger partial charge on any atom is 0.220 e. The lowest BCUT2D eigenvalue weighted by molar-refractivity contribution is 0.758. The number of hydrogen-bond donors (Lipinski definition) is 1. The Bertz CT molecular complexity index is 1520. The zero-order valence-corrected chi connectivity index (χ0v) is 20.0. The third kappa shape index (κ3) is 3.81. The third-order valence-corrected chi connectivity index (χ3v) is 6.86. The fourth-order valence-electron chi connectivity index (χ4n) is 4.43. The van der Waals surface area contributed by atoms with E-state index in [1.165, 1.54) is 0 Å². The van der Waals surface area contributed by atoms with Crippen molar-refractivity contribution < 1.29 is 0 Å². The summed E-state index contributed by atoms with van der Waals surface area (Å²) in [7, 11) is 0. The summed E-state index contributed by atoms with van der Waals surface area (Å²) in [6.07, 6.45) is 0. The second-order valence-corrected chi connectivity index (χ2v) is 9.10. The number of nitrogens with zero attached hydrogens (tertiary/aromatic N) is 2. The fraction of sp³-hybridized carbons (Fsp3) is 0.0741. The van der Waals surface area contributed by atoms with Gasteiger partial charge in [0.2, 0.25) is 11.4 Å². The fourth-order valence-corrected chi connectivity index (χ4v) is 4.90. The molecule has 0 bridgehead atoms. The van der Waals surface area contributed by atoms with E-state index in [2.05, 4.69) is 23.4 Å². The molecule has 0 saturated carbocycles. The van der Waals surface area contributed by atoms with Crippen LogP contribution in [0.4, 0.5) is 11.4 Å². The summed E-state index contributed by atoms with van der Waals surface area (Å²) >= 11 is 19.1. The molecule has 1 aromatic heterocycles. The molecule has 6 heteroatoms. The first-order valence-electron chi connectivity index (χ1n) is 10.5. The van der Waals surface area contributed by atoms with Crippen molar-refractivity contribution in [3.8, 4) is 11.1 Å². The summed E-state index contributed by atoms with van der Waals surface area (Å²) in [5.41, 5.74) is 12.0. The monoisotopic (exact) mass is 492 g/mol. The summed E-state index contributed by atoms with van der Waals surface area (Å²) in [5.74, 6) is 0. The van der Waals surface area contributed by atoms with Crippen LogP contribution in [-0.2, 0) is 6.54 Å². The van der Waals surface area contributed by atoms with Crippen LogP contribution < -0.4 is 10.3 Å². The Kier molecular flexibility index (Phi) is 5.90. The van der Waals surface area contributed by atoms with Crippen molar-refractivity contribution in [1.82, 2.24) is 9.14 Å². The first-order chi connectivity index (χ1) is 16.0. The topological polar surface area (TPSA) is 34.0 Å². The number of aromatic nitrogens is 1. The van der Waals surface area contributed by atoms with Gasteiger partial charge in [-0.1, -0.05) is 59.1 Å². The maximum atomic E-state index is 6.46. The zero-order valence-electron chi connectivity index (χ0n) is 17.7. The molecule has 164 valence electrons. The highest BCUT2D eigenvalue weighted by Crippen LogP contribution is 2.43. The lowest BCUT2D eigenvalue weighted by Crippen LogP contribution is -2.10. The second kappa shape index (κ2) is 8.85. The smallest absolute Gasteiger partial charge is 0.220 e. The molecule has 0 spiro atoms. The van der Waals surface area contributed by atoms with Gasteiger partial charge in [-0.3, -0.25) is 0 Å². The van der Waals surface area contributed by atoms with Gasteiger partial charge in [0, 0.05) is 52.6 Å². The van der Waals surface area contributed by atoms with E-state index < -0.39 is 0 Å². The minimum absolute atomic E-state index is 0.497. The van der Waals surface area contributed by atoms with Crippen LogP contribution in [0.5, 0.6) is 0 Å². The summed E-state index contributed by atoms with van der Waals surface area (Å²) < 4.78 is 4.19. The van der Waals surface area contributed by atoms with E-state index in [-0.39, 0.29) is 0 Å². The summed E-state index contributed by atoms with van der Waals surface area (Å²) in [4.78, 5) is 0. The highest BCUT2D eigenvalue weighted by molar-refractivity contribution is 6.42. The van der Waals surface area contributed by atoms with Gasteiger partial charge in [-0.15, -0.1) is 0 Å². The molecular formula is C27H21Cl3N3+. The lowest BCUT2D eigenvalue weighted by Gasteiger charge is -2.13. The average molecular weight is 494 g/mol. The average Bonchev–Trinajstić information content (AvgIpc) is 3.13. The van der Waals surface area contributed by atoms with Gasteiger partial charge < -0.3 is 10.3 Å². The van der Waals surface area contributed by atoms with Crippen molar-refractivity contribution in [2.45, 2.75) is 6.54 Å². The maximum absolute atomic E-state index is 6.46. The molecule has 1 heterocycles. The largest absolute Gasteiger partial charge is 0.338 e. The Labute approximate surface area is 207 Å². The van der Waals surface area contributed by atoms with Gasteiger partial charge in [0.1, 0.15) is 6.72 Å². The summed E-state index contributed by atoms with van der Waals surface area (Å²) in [6, 6.07) is 25.9. The quantitative estimate of drug-likeness (QED) is 0.196. The third-order valence-electron chi connectivity index (χ3n) is 5.89. The standard InChI is InChI=1S/C27H21Cl3N3/c1-32(19-5-3-2-4-6-19)25-12-9-20-21-16-18(28)8-11-24(21)33(14-13-31)27(20)26(25)17-7-10-22(29)23(30)15-17/h2-12,15-16H,1,13-14,31H2/q+1. The molecule has 0 amide bonds. The minimum Gasteiger partial charge on any atom is -0.338 e. The number of para-hydroxylation sites is 1. The number of fused-ring (bicyclic) bond motifs is 3. The molecule has 33 heavy (non-hydrogen) atoms. The van der Waals surface area contributed by atoms with Crippen LogP contribution in [0.1, 0.15) is 0 Å². The first-order valence-corrected chi connectivity index (χ1v) is 11.7. The Hall–Kier alpha value is -2.82. The van der Waals surface area contributed by atoms with Crippen molar-refractivity contribution >= 4 is 74.7 Å². The van der Waals surface area contributed by atoms with E-state index in [0.717, 1.165) is 44.3 Å². The first kappa shape index (κ1) is 22.0. The molecule has 0 fully saturated rings. The lowest BCUT2D eigenvalue weighted by atomic mass is 9.99. The van der Waals surface area contributed by atoms with Gasteiger partial charge in [-0.25, -0.2) is 0 Å². The van der Waals surface area contributed by atoms with E-state index >= 15 is 0 Å². The van der Waals surface area contributed by atoms with Gasteiger partial charge in [-0.05, 0) is 42.0 Å².